The molecule has 0 radical (unpaired) electrons. The predicted molar refractivity (Wildman–Crippen MR) is 81.7 cm³/mol. The summed E-state index contributed by atoms with van der Waals surface area (Å²) in [6, 6.07) is 12.3. The molecule has 1 aromatic carbocycles. The molecule has 1 heterocycles. The Morgan fingerprint density at radius 2 is 2.00 bits per heavy atom. The molecule has 0 aliphatic carbocycles. The maximum absolute atomic E-state index is 6.21. The summed E-state index contributed by atoms with van der Waals surface area (Å²) in [6.07, 6.45) is 6.46. The zero-order valence-electron chi connectivity index (χ0n) is 12.0. The first-order chi connectivity index (χ1) is 9.79. The second kappa shape index (κ2) is 7.65. The number of pyridine rings is 1. The monoisotopic (exact) mass is 270 g/mol. The van der Waals surface area contributed by atoms with Crippen molar-refractivity contribution in [1.29, 1.82) is 0 Å². The van der Waals surface area contributed by atoms with Crippen LogP contribution >= 0.6 is 0 Å². The van der Waals surface area contributed by atoms with Gasteiger partial charge in [0.15, 0.2) is 0 Å². The predicted octanol–water partition coefficient (Wildman–Crippen LogP) is 3.50. The molecule has 0 aliphatic rings. The molecule has 0 saturated heterocycles. The normalized spacial score (nSPS) is 12.1. The minimum Gasteiger partial charge on any atom is -0.492 e. The molecule has 0 fully saturated rings. The topological polar surface area (TPSA) is 48.1 Å². The van der Waals surface area contributed by atoms with Crippen molar-refractivity contribution < 1.29 is 4.74 Å². The summed E-state index contributed by atoms with van der Waals surface area (Å²) in [4.78, 5) is 4.22. The SMILES string of the molecule is CCCOc1cncc(CCC(N)c2ccccc2)c1. The zero-order valence-corrected chi connectivity index (χ0v) is 12.0. The fourth-order valence-corrected chi connectivity index (χ4v) is 2.09. The van der Waals surface area contributed by atoms with E-state index in [1.807, 2.05) is 24.4 Å². The van der Waals surface area contributed by atoms with Crippen molar-refractivity contribution in [2.75, 3.05) is 6.61 Å². The highest BCUT2D eigenvalue weighted by Crippen LogP contribution is 2.18. The molecule has 0 spiro atoms. The maximum atomic E-state index is 6.21. The summed E-state index contributed by atoms with van der Waals surface area (Å²) in [5.41, 5.74) is 8.56. The van der Waals surface area contributed by atoms with E-state index in [0.29, 0.717) is 0 Å². The Balaban J connectivity index is 1.90. The zero-order chi connectivity index (χ0) is 14.2. The number of aryl methyl sites for hydroxylation is 1. The highest BCUT2D eigenvalue weighted by Gasteiger charge is 2.06. The number of benzene rings is 1. The number of ether oxygens (including phenoxy) is 1. The van der Waals surface area contributed by atoms with Crippen LogP contribution in [0.4, 0.5) is 0 Å². The van der Waals surface area contributed by atoms with Crippen molar-refractivity contribution >= 4 is 0 Å². The Morgan fingerprint density at radius 3 is 2.75 bits per heavy atom. The first-order valence-corrected chi connectivity index (χ1v) is 7.17. The summed E-state index contributed by atoms with van der Waals surface area (Å²) >= 11 is 0. The van der Waals surface area contributed by atoms with Crippen molar-refractivity contribution in [2.45, 2.75) is 32.2 Å². The van der Waals surface area contributed by atoms with Gasteiger partial charge in [-0.2, -0.15) is 0 Å². The van der Waals surface area contributed by atoms with E-state index in [1.165, 1.54) is 11.1 Å². The average molecular weight is 270 g/mol. The van der Waals surface area contributed by atoms with Crippen LogP contribution in [0.15, 0.2) is 48.8 Å². The molecule has 20 heavy (non-hydrogen) atoms. The molecule has 2 N–H and O–H groups in total. The second-order valence-corrected chi connectivity index (χ2v) is 4.93. The van der Waals surface area contributed by atoms with E-state index in [0.717, 1.165) is 31.6 Å². The fourth-order valence-electron chi connectivity index (χ4n) is 2.09. The number of aromatic nitrogens is 1. The largest absolute Gasteiger partial charge is 0.492 e. The van der Waals surface area contributed by atoms with Crippen LogP contribution in [0.5, 0.6) is 5.75 Å². The third-order valence-corrected chi connectivity index (χ3v) is 3.21. The summed E-state index contributed by atoms with van der Waals surface area (Å²) in [5, 5.41) is 0. The van der Waals surface area contributed by atoms with Gasteiger partial charge in [0, 0.05) is 12.2 Å². The van der Waals surface area contributed by atoms with Crippen LogP contribution in [0.2, 0.25) is 0 Å². The summed E-state index contributed by atoms with van der Waals surface area (Å²) in [5.74, 6) is 0.845. The quantitative estimate of drug-likeness (QED) is 0.837. The minimum atomic E-state index is 0.0661. The first-order valence-electron chi connectivity index (χ1n) is 7.17. The Morgan fingerprint density at radius 1 is 1.20 bits per heavy atom. The van der Waals surface area contributed by atoms with Crippen molar-refractivity contribution in [3.05, 3.63) is 59.9 Å². The number of rotatable bonds is 7. The molecule has 0 bridgehead atoms. The van der Waals surface area contributed by atoms with E-state index < -0.39 is 0 Å². The molecular formula is C17H22N2O. The lowest BCUT2D eigenvalue weighted by molar-refractivity contribution is 0.316. The third-order valence-electron chi connectivity index (χ3n) is 3.21. The van der Waals surface area contributed by atoms with E-state index in [-0.39, 0.29) is 6.04 Å². The molecule has 1 unspecified atom stereocenters. The molecule has 0 amide bonds. The maximum Gasteiger partial charge on any atom is 0.137 e. The van der Waals surface area contributed by atoms with Gasteiger partial charge in [-0.05, 0) is 36.5 Å². The van der Waals surface area contributed by atoms with Crippen molar-refractivity contribution in [2.24, 2.45) is 5.73 Å². The standard InChI is InChI=1S/C17H22N2O/c1-2-10-20-16-11-14(12-19-13-16)8-9-17(18)15-6-4-3-5-7-15/h3-7,11-13,17H,2,8-10,18H2,1H3. The number of hydrogen-bond acceptors (Lipinski definition) is 3. The van der Waals surface area contributed by atoms with Crippen LogP contribution in [0.25, 0.3) is 0 Å². The first kappa shape index (κ1) is 14.5. The average Bonchev–Trinajstić information content (AvgIpc) is 2.52. The van der Waals surface area contributed by atoms with Gasteiger partial charge in [0.25, 0.3) is 0 Å². The van der Waals surface area contributed by atoms with Crippen LogP contribution < -0.4 is 10.5 Å². The van der Waals surface area contributed by atoms with Gasteiger partial charge < -0.3 is 10.5 Å². The fraction of sp³-hybridized carbons (Fsp3) is 0.353. The van der Waals surface area contributed by atoms with Gasteiger partial charge in [0.05, 0.1) is 12.8 Å². The van der Waals surface area contributed by atoms with E-state index in [1.54, 1.807) is 6.20 Å². The number of nitrogens with two attached hydrogens (primary N) is 1. The van der Waals surface area contributed by atoms with Crippen molar-refractivity contribution in [1.82, 2.24) is 4.98 Å². The summed E-state index contributed by atoms with van der Waals surface area (Å²) in [6.45, 7) is 2.82. The molecule has 0 aliphatic heterocycles. The molecule has 3 heteroatoms. The molecule has 0 saturated carbocycles. The van der Waals surface area contributed by atoms with Gasteiger partial charge in [0.1, 0.15) is 5.75 Å². The van der Waals surface area contributed by atoms with Gasteiger partial charge >= 0.3 is 0 Å². The molecule has 1 aromatic heterocycles. The smallest absolute Gasteiger partial charge is 0.137 e. The highest BCUT2D eigenvalue weighted by molar-refractivity contribution is 5.24. The van der Waals surface area contributed by atoms with E-state index in [9.17, 15) is 0 Å². The van der Waals surface area contributed by atoms with Gasteiger partial charge in [-0.3, -0.25) is 4.98 Å². The van der Waals surface area contributed by atoms with Crippen LogP contribution in [0, 0.1) is 0 Å². The lowest BCUT2D eigenvalue weighted by Gasteiger charge is -2.12. The van der Waals surface area contributed by atoms with Crippen LogP contribution in [-0.4, -0.2) is 11.6 Å². The van der Waals surface area contributed by atoms with Crippen LogP contribution in [0.1, 0.15) is 36.9 Å². The number of hydrogen-bond donors (Lipinski definition) is 1. The molecule has 3 nitrogen and oxygen atoms in total. The molecule has 2 rings (SSSR count). The lowest BCUT2D eigenvalue weighted by atomic mass is 10.0. The van der Waals surface area contributed by atoms with Gasteiger partial charge in [-0.15, -0.1) is 0 Å². The minimum absolute atomic E-state index is 0.0661. The van der Waals surface area contributed by atoms with Gasteiger partial charge in [0.2, 0.25) is 0 Å². The third kappa shape index (κ3) is 4.35. The highest BCUT2D eigenvalue weighted by atomic mass is 16.5. The van der Waals surface area contributed by atoms with E-state index in [2.05, 4.69) is 30.1 Å². The van der Waals surface area contributed by atoms with Crippen molar-refractivity contribution in [3.63, 3.8) is 0 Å². The second-order valence-electron chi connectivity index (χ2n) is 4.93. The van der Waals surface area contributed by atoms with E-state index >= 15 is 0 Å². The Bertz CT molecular complexity index is 513. The van der Waals surface area contributed by atoms with Crippen LogP contribution in [0.3, 0.4) is 0 Å². The number of nitrogens with zero attached hydrogens (tertiary/aromatic N) is 1. The molecular weight excluding hydrogens is 248 g/mol. The van der Waals surface area contributed by atoms with Gasteiger partial charge in [-0.1, -0.05) is 37.3 Å². The molecule has 106 valence electrons. The molecule has 2 aromatic rings. The van der Waals surface area contributed by atoms with Gasteiger partial charge in [-0.25, -0.2) is 0 Å². The Hall–Kier alpha value is -1.87. The Labute approximate surface area is 120 Å². The Kier molecular flexibility index (Phi) is 5.56. The summed E-state index contributed by atoms with van der Waals surface area (Å²) in [7, 11) is 0. The van der Waals surface area contributed by atoms with Crippen molar-refractivity contribution in [3.8, 4) is 5.75 Å². The molecule has 1 atom stereocenters. The lowest BCUT2D eigenvalue weighted by Crippen LogP contribution is -2.11. The summed E-state index contributed by atoms with van der Waals surface area (Å²) < 4.78 is 5.59. The van der Waals surface area contributed by atoms with E-state index in [4.69, 9.17) is 10.5 Å². The van der Waals surface area contributed by atoms with Crippen LogP contribution in [-0.2, 0) is 6.42 Å².